The van der Waals surface area contributed by atoms with Crippen LogP contribution in [0.2, 0.25) is 0 Å². The zero-order valence-corrected chi connectivity index (χ0v) is 23.1. The maximum absolute atomic E-state index is 14.3. The summed E-state index contributed by atoms with van der Waals surface area (Å²) in [5, 5.41) is 3.88. The van der Waals surface area contributed by atoms with Gasteiger partial charge < -0.3 is 26.5 Å². The first-order chi connectivity index (χ1) is 18.6. The van der Waals surface area contributed by atoms with Crippen LogP contribution in [-0.2, 0) is 4.79 Å². The number of hydrogen-bond donors (Lipinski definition) is 4. The number of rotatable bonds is 10. The molecule has 0 saturated heterocycles. The van der Waals surface area contributed by atoms with Gasteiger partial charge in [0.15, 0.2) is 5.69 Å². The van der Waals surface area contributed by atoms with Gasteiger partial charge in [-0.05, 0) is 69.1 Å². The quantitative estimate of drug-likeness (QED) is 0.230. The molecule has 10 nitrogen and oxygen atoms in total. The average molecular weight is 549 g/mol. The van der Waals surface area contributed by atoms with Gasteiger partial charge in [0.1, 0.15) is 16.7 Å². The van der Waals surface area contributed by atoms with Crippen molar-refractivity contribution in [3.8, 4) is 5.75 Å². The number of aromatic nitrogens is 2. The second-order valence-corrected chi connectivity index (χ2v) is 10.4. The van der Waals surface area contributed by atoms with Crippen molar-refractivity contribution < 1.29 is 19.1 Å². The van der Waals surface area contributed by atoms with Crippen LogP contribution in [0.3, 0.4) is 0 Å². The van der Waals surface area contributed by atoms with Crippen molar-refractivity contribution >= 4 is 51.5 Å². The largest absolute Gasteiger partial charge is 0.494 e. The van der Waals surface area contributed by atoms with Gasteiger partial charge in [-0.1, -0.05) is 25.1 Å². The summed E-state index contributed by atoms with van der Waals surface area (Å²) < 4.78 is 9.59. The number of fused-ring (bicyclic) bond motifs is 1. The Morgan fingerprint density at radius 2 is 1.82 bits per heavy atom. The fourth-order valence-corrected chi connectivity index (χ4v) is 4.94. The van der Waals surface area contributed by atoms with Crippen LogP contribution < -0.4 is 26.4 Å². The van der Waals surface area contributed by atoms with Crippen LogP contribution in [0, 0.1) is 0 Å². The van der Waals surface area contributed by atoms with Crippen LogP contribution in [-0.4, -0.2) is 39.2 Å². The molecule has 0 aliphatic heterocycles. The molecule has 11 heteroatoms. The molecule has 2 aromatic carbocycles. The Hall–Kier alpha value is -4.38. The maximum Gasteiger partial charge on any atom is 0.273 e. The monoisotopic (exact) mass is 548 g/mol. The number of nitrogens with two attached hydrogens (primary N) is 2. The molecule has 2 heterocycles. The summed E-state index contributed by atoms with van der Waals surface area (Å²) in [5.41, 5.74) is 12.6. The normalized spacial score (nSPS) is 12.2. The molecule has 3 amide bonds. The lowest BCUT2D eigenvalue weighted by Crippen LogP contribution is -2.50. The van der Waals surface area contributed by atoms with E-state index in [0.717, 1.165) is 22.4 Å². The molecule has 6 N–H and O–H groups in total. The van der Waals surface area contributed by atoms with Crippen molar-refractivity contribution in [1.82, 2.24) is 14.7 Å². The standard InChI is InChI=1S/C28H32N6O4S/c1-5-28(3,4)32-26(36)23(19-15-31-20-10-8-7-9-18(19)20)34(16-11-13-17(14-12-16)38-6-2)27(37)24-21(29)22(25(30)35)33-39-24/h7-15,23,31H,5-6,29H2,1-4H3,(H2,30,35)(H,32,36)/t23-/m1/s1. The lowest BCUT2D eigenvalue weighted by atomic mass is 9.97. The molecule has 0 bridgehead atoms. The molecule has 0 saturated carbocycles. The smallest absolute Gasteiger partial charge is 0.273 e. The zero-order valence-electron chi connectivity index (χ0n) is 22.3. The number of benzene rings is 2. The van der Waals surface area contributed by atoms with Gasteiger partial charge in [-0.3, -0.25) is 19.3 Å². The number of nitrogens with zero attached hydrogens (tertiary/aromatic N) is 2. The van der Waals surface area contributed by atoms with E-state index in [1.54, 1.807) is 30.5 Å². The SMILES string of the molecule is CCOc1ccc(N(C(=O)c2snc(C(N)=O)c2N)[C@@H](C(=O)NC(C)(C)CC)c2c[nH]c3ccccc23)cc1. The first-order valence-corrected chi connectivity index (χ1v) is 13.3. The van der Waals surface area contributed by atoms with Crippen molar-refractivity contribution in [2.45, 2.75) is 45.7 Å². The van der Waals surface area contributed by atoms with Crippen molar-refractivity contribution in [2.75, 3.05) is 17.2 Å². The minimum Gasteiger partial charge on any atom is -0.494 e. The van der Waals surface area contributed by atoms with Gasteiger partial charge in [0.25, 0.3) is 11.8 Å². The highest BCUT2D eigenvalue weighted by atomic mass is 32.1. The van der Waals surface area contributed by atoms with Gasteiger partial charge in [-0.2, -0.15) is 4.37 Å². The lowest BCUT2D eigenvalue weighted by Gasteiger charge is -2.34. The second-order valence-electron chi connectivity index (χ2n) is 9.66. The topological polar surface area (TPSA) is 156 Å². The maximum atomic E-state index is 14.3. The van der Waals surface area contributed by atoms with Crippen molar-refractivity contribution in [2.24, 2.45) is 5.73 Å². The number of aromatic amines is 1. The number of carbonyl (C=O) groups excluding carboxylic acids is 3. The third-order valence-electron chi connectivity index (χ3n) is 6.57. The molecule has 0 aliphatic carbocycles. The fourth-order valence-electron chi connectivity index (χ4n) is 4.20. The summed E-state index contributed by atoms with van der Waals surface area (Å²) in [6.07, 6.45) is 2.40. The van der Waals surface area contributed by atoms with E-state index in [2.05, 4.69) is 14.7 Å². The highest BCUT2D eigenvalue weighted by Gasteiger charge is 2.38. The van der Waals surface area contributed by atoms with E-state index in [-0.39, 0.29) is 22.2 Å². The van der Waals surface area contributed by atoms with E-state index in [1.807, 2.05) is 52.0 Å². The van der Waals surface area contributed by atoms with Crippen LogP contribution in [0.1, 0.15) is 65.9 Å². The average Bonchev–Trinajstić information content (AvgIpc) is 3.51. The highest BCUT2D eigenvalue weighted by molar-refractivity contribution is 7.09. The first-order valence-electron chi connectivity index (χ1n) is 12.6. The van der Waals surface area contributed by atoms with Crippen molar-refractivity contribution in [3.63, 3.8) is 0 Å². The van der Waals surface area contributed by atoms with Crippen molar-refractivity contribution in [3.05, 3.63) is 70.9 Å². The number of amides is 3. The first kappa shape index (κ1) is 27.6. The fraction of sp³-hybridized carbons (Fsp3) is 0.286. The zero-order chi connectivity index (χ0) is 28.3. The number of para-hydroxylation sites is 1. The van der Waals surface area contributed by atoms with E-state index < -0.39 is 23.4 Å². The molecule has 4 rings (SSSR count). The van der Waals surface area contributed by atoms with Crippen LogP contribution in [0.25, 0.3) is 10.9 Å². The van der Waals surface area contributed by atoms with E-state index in [4.69, 9.17) is 16.2 Å². The highest BCUT2D eigenvalue weighted by Crippen LogP contribution is 2.36. The third-order valence-corrected chi connectivity index (χ3v) is 7.42. The van der Waals surface area contributed by atoms with Gasteiger partial charge >= 0.3 is 0 Å². The van der Waals surface area contributed by atoms with Crippen molar-refractivity contribution in [1.29, 1.82) is 0 Å². The summed E-state index contributed by atoms with van der Waals surface area (Å²) in [6, 6.07) is 13.3. The molecule has 2 aromatic heterocycles. The second kappa shape index (κ2) is 11.2. The van der Waals surface area contributed by atoms with Gasteiger partial charge in [-0.25, -0.2) is 0 Å². The number of nitrogen functional groups attached to an aromatic ring is 1. The molecule has 0 radical (unpaired) electrons. The minimum absolute atomic E-state index is 0.00470. The molecule has 204 valence electrons. The van der Waals surface area contributed by atoms with Gasteiger partial charge in [0.2, 0.25) is 5.91 Å². The predicted octanol–water partition coefficient (Wildman–Crippen LogP) is 4.40. The Bertz CT molecular complexity index is 1510. The molecule has 1 atom stereocenters. The Labute approximate surface area is 230 Å². The Balaban J connectivity index is 1.94. The van der Waals surface area contributed by atoms with Gasteiger partial charge in [-0.15, -0.1) is 0 Å². The number of carbonyl (C=O) groups is 3. The number of anilines is 2. The van der Waals surface area contributed by atoms with Gasteiger partial charge in [0.05, 0.1) is 12.3 Å². The number of hydrogen-bond acceptors (Lipinski definition) is 7. The van der Waals surface area contributed by atoms with E-state index in [0.29, 0.717) is 30.0 Å². The number of ether oxygens (including phenoxy) is 1. The lowest BCUT2D eigenvalue weighted by molar-refractivity contribution is -0.124. The summed E-state index contributed by atoms with van der Waals surface area (Å²) in [5.74, 6) is -1.21. The predicted molar refractivity (Wildman–Crippen MR) is 153 cm³/mol. The molecule has 0 aliphatic rings. The molecule has 0 fully saturated rings. The molecule has 0 spiro atoms. The number of primary amides is 1. The molecule has 39 heavy (non-hydrogen) atoms. The van der Waals surface area contributed by atoms with E-state index in [9.17, 15) is 14.4 Å². The molecular weight excluding hydrogens is 516 g/mol. The Morgan fingerprint density at radius 3 is 2.44 bits per heavy atom. The summed E-state index contributed by atoms with van der Waals surface area (Å²) >= 11 is 0.763. The van der Waals surface area contributed by atoms with Gasteiger partial charge in [0, 0.05) is 33.9 Å². The summed E-state index contributed by atoms with van der Waals surface area (Å²) in [7, 11) is 0. The van der Waals surface area contributed by atoms with Crippen LogP contribution in [0.15, 0.2) is 54.7 Å². The van der Waals surface area contributed by atoms with Crippen LogP contribution >= 0.6 is 11.5 Å². The van der Waals surface area contributed by atoms with E-state index in [1.165, 1.54) is 4.90 Å². The molecular formula is C28H32N6O4S. The third kappa shape index (κ3) is 5.58. The van der Waals surface area contributed by atoms with Crippen LogP contribution in [0.5, 0.6) is 5.75 Å². The minimum atomic E-state index is -1.10. The molecule has 4 aromatic rings. The number of nitrogens with one attached hydrogen (secondary N) is 2. The van der Waals surface area contributed by atoms with E-state index >= 15 is 0 Å². The van der Waals surface area contributed by atoms with Crippen LogP contribution in [0.4, 0.5) is 11.4 Å². The molecule has 0 unspecified atom stereocenters. The Kier molecular flexibility index (Phi) is 7.91. The Morgan fingerprint density at radius 1 is 1.13 bits per heavy atom. The summed E-state index contributed by atoms with van der Waals surface area (Å²) in [4.78, 5) is 44.8. The number of H-pyrrole nitrogens is 1. The summed E-state index contributed by atoms with van der Waals surface area (Å²) in [6.45, 7) is 8.15.